The van der Waals surface area contributed by atoms with Crippen LogP contribution in [0.5, 0.6) is 11.5 Å². The topological polar surface area (TPSA) is 63.7 Å². The minimum absolute atomic E-state index is 0.129. The Balaban J connectivity index is 1.76. The van der Waals surface area contributed by atoms with Gasteiger partial charge in [-0.25, -0.2) is 4.98 Å². The van der Waals surface area contributed by atoms with Crippen LogP contribution in [0, 0.1) is 6.92 Å². The van der Waals surface area contributed by atoms with Crippen molar-refractivity contribution in [1.82, 2.24) is 4.98 Å². The Hall–Kier alpha value is -3.54. The number of rotatable bonds is 7. The van der Waals surface area contributed by atoms with E-state index in [9.17, 15) is 4.79 Å². The number of nitrogens with one attached hydrogen (secondary N) is 1. The molecule has 1 heterocycles. The first-order chi connectivity index (χ1) is 14.0. The molecule has 0 fully saturated rings. The van der Waals surface area contributed by atoms with Crippen LogP contribution in [0.15, 0.2) is 60.8 Å². The SMILES string of the molecule is CCN(C(=O)c1ccc(Nc2ccc(OC)c(OC)c2)cn1)c1cccc(C)c1. The number of pyridine rings is 1. The number of benzene rings is 2. The number of hydrogen-bond donors (Lipinski definition) is 1. The first-order valence-corrected chi connectivity index (χ1v) is 9.39. The lowest BCUT2D eigenvalue weighted by Crippen LogP contribution is -2.31. The van der Waals surface area contributed by atoms with Gasteiger partial charge in [-0.2, -0.15) is 0 Å². The molecule has 0 aliphatic heterocycles. The summed E-state index contributed by atoms with van der Waals surface area (Å²) in [6.07, 6.45) is 1.65. The van der Waals surface area contributed by atoms with E-state index in [1.807, 2.05) is 62.4 Å². The third-order valence-corrected chi connectivity index (χ3v) is 4.53. The molecular formula is C23H25N3O3. The lowest BCUT2D eigenvalue weighted by atomic mass is 10.2. The first-order valence-electron chi connectivity index (χ1n) is 9.39. The maximum Gasteiger partial charge on any atom is 0.276 e. The van der Waals surface area contributed by atoms with Crippen LogP contribution in [0.25, 0.3) is 0 Å². The van der Waals surface area contributed by atoms with Gasteiger partial charge in [0.1, 0.15) is 5.69 Å². The minimum Gasteiger partial charge on any atom is -0.493 e. The fourth-order valence-electron chi connectivity index (χ4n) is 3.05. The number of nitrogens with zero attached hydrogens (tertiary/aromatic N) is 2. The van der Waals surface area contributed by atoms with Crippen LogP contribution >= 0.6 is 0 Å². The molecule has 6 heteroatoms. The third kappa shape index (κ3) is 4.66. The van der Waals surface area contributed by atoms with E-state index < -0.39 is 0 Å². The molecule has 150 valence electrons. The van der Waals surface area contributed by atoms with Gasteiger partial charge in [0.25, 0.3) is 5.91 Å². The van der Waals surface area contributed by atoms with E-state index in [0.29, 0.717) is 23.7 Å². The van der Waals surface area contributed by atoms with Gasteiger partial charge in [0.05, 0.1) is 26.1 Å². The number of ether oxygens (including phenoxy) is 2. The van der Waals surface area contributed by atoms with Gasteiger partial charge in [-0.15, -0.1) is 0 Å². The molecule has 0 bridgehead atoms. The maximum atomic E-state index is 12.9. The maximum absolute atomic E-state index is 12.9. The molecule has 0 radical (unpaired) electrons. The molecule has 2 aromatic carbocycles. The van der Waals surface area contributed by atoms with Crippen LogP contribution in [0.4, 0.5) is 17.1 Å². The zero-order valence-corrected chi connectivity index (χ0v) is 17.1. The Morgan fingerprint density at radius 1 is 1.00 bits per heavy atom. The van der Waals surface area contributed by atoms with Crippen LogP contribution < -0.4 is 19.7 Å². The van der Waals surface area contributed by atoms with E-state index in [1.54, 1.807) is 31.4 Å². The van der Waals surface area contributed by atoms with Crippen LogP contribution in [-0.4, -0.2) is 31.7 Å². The fraction of sp³-hybridized carbons (Fsp3) is 0.217. The molecule has 1 amide bonds. The van der Waals surface area contributed by atoms with Crippen molar-refractivity contribution in [1.29, 1.82) is 0 Å². The predicted molar refractivity (Wildman–Crippen MR) is 116 cm³/mol. The number of carbonyl (C=O) groups excluding carboxylic acids is 1. The van der Waals surface area contributed by atoms with E-state index in [-0.39, 0.29) is 5.91 Å². The van der Waals surface area contributed by atoms with Gasteiger partial charge in [0, 0.05) is 24.0 Å². The molecule has 29 heavy (non-hydrogen) atoms. The number of aromatic nitrogens is 1. The lowest BCUT2D eigenvalue weighted by molar-refractivity contribution is 0.0983. The number of hydrogen-bond acceptors (Lipinski definition) is 5. The Bertz CT molecular complexity index is 987. The van der Waals surface area contributed by atoms with Gasteiger partial charge < -0.3 is 19.7 Å². The number of methoxy groups -OCH3 is 2. The van der Waals surface area contributed by atoms with Crippen LogP contribution in [0.1, 0.15) is 23.0 Å². The summed E-state index contributed by atoms with van der Waals surface area (Å²) in [5.41, 5.74) is 3.97. The average molecular weight is 391 g/mol. The van der Waals surface area contributed by atoms with Crippen molar-refractivity contribution in [2.24, 2.45) is 0 Å². The average Bonchev–Trinajstić information content (AvgIpc) is 2.74. The van der Waals surface area contributed by atoms with Gasteiger partial charge in [0.2, 0.25) is 0 Å². The Kier molecular flexibility index (Phi) is 6.34. The highest BCUT2D eigenvalue weighted by Crippen LogP contribution is 2.31. The summed E-state index contributed by atoms with van der Waals surface area (Å²) in [4.78, 5) is 19.0. The summed E-state index contributed by atoms with van der Waals surface area (Å²) in [5.74, 6) is 1.16. The highest BCUT2D eigenvalue weighted by atomic mass is 16.5. The summed E-state index contributed by atoms with van der Waals surface area (Å²) in [6, 6.07) is 17.0. The van der Waals surface area contributed by atoms with Crippen molar-refractivity contribution in [3.63, 3.8) is 0 Å². The van der Waals surface area contributed by atoms with Gasteiger partial charge in [-0.3, -0.25) is 4.79 Å². The molecule has 0 aliphatic carbocycles. The number of amides is 1. The first kappa shape index (κ1) is 20.2. The zero-order valence-electron chi connectivity index (χ0n) is 17.1. The Labute approximate surface area is 171 Å². The summed E-state index contributed by atoms with van der Waals surface area (Å²) < 4.78 is 10.6. The minimum atomic E-state index is -0.129. The molecule has 1 aromatic heterocycles. The monoisotopic (exact) mass is 391 g/mol. The van der Waals surface area contributed by atoms with Crippen molar-refractivity contribution in [2.45, 2.75) is 13.8 Å². The largest absolute Gasteiger partial charge is 0.493 e. The molecule has 1 N–H and O–H groups in total. The number of carbonyl (C=O) groups is 1. The molecule has 3 aromatic rings. The van der Waals surface area contributed by atoms with Crippen molar-refractivity contribution in [2.75, 3.05) is 31.0 Å². The highest BCUT2D eigenvalue weighted by Gasteiger charge is 2.17. The standard InChI is InChI=1S/C23H25N3O3/c1-5-26(19-8-6-7-16(2)13-19)23(27)20-11-9-18(15-24-20)25-17-10-12-21(28-3)22(14-17)29-4/h6-15,25H,5H2,1-4H3. The summed E-state index contributed by atoms with van der Waals surface area (Å²) in [6.45, 7) is 4.53. The van der Waals surface area contributed by atoms with Gasteiger partial charge in [-0.05, 0) is 55.8 Å². The quantitative estimate of drug-likeness (QED) is 0.626. The number of anilines is 3. The van der Waals surface area contributed by atoms with Crippen molar-refractivity contribution in [3.8, 4) is 11.5 Å². The lowest BCUT2D eigenvalue weighted by Gasteiger charge is -2.21. The number of aryl methyl sites for hydroxylation is 1. The van der Waals surface area contributed by atoms with Crippen LogP contribution in [0.3, 0.4) is 0 Å². The van der Waals surface area contributed by atoms with E-state index in [1.165, 1.54) is 0 Å². The Morgan fingerprint density at radius 3 is 2.38 bits per heavy atom. The van der Waals surface area contributed by atoms with E-state index >= 15 is 0 Å². The molecule has 0 unspecified atom stereocenters. The molecule has 0 spiro atoms. The van der Waals surface area contributed by atoms with Gasteiger partial charge in [0.15, 0.2) is 11.5 Å². The molecule has 0 atom stereocenters. The van der Waals surface area contributed by atoms with Crippen molar-refractivity contribution in [3.05, 3.63) is 72.1 Å². The predicted octanol–water partition coefficient (Wildman–Crippen LogP) is 4.82. The van der Waals surface area contributed by atoms with E-state index in [4.69, 9.17) is 9.47 Å². The smallest absolute Gasteiger partial charge is 0.276 e. The zero-order chi connectivity index (χ0) is 20.8. The summed E-state index contributed by atoms with van der Waals surface area (Å²) >= 11 is 0. The highest BCUT2D eigenvalue weighted by molar-refractivity contribution is 6.04. The van der Waals surface area contributed by atoms with Gasteiger partial charge in [-0.1, -0.05) is 12.1 Å². The van der Waals surface area contributed by atoms with Crippen LogP contribution in [0.2, 0.25) is 0 Å². The fourth-order valence-corrected chi connectivity index (χ4v) is 3.05. The molecular weight excluding hydrogens is 366 g/mol. The van der Waals surface area contributed by atoms with Gasteiger partial charge >= 0.3 is 0 Å². The summed E-state index contributed by atoms with van der Waals surface area (Å²) in [7, 11) is 3.19. The molecule has 3 rings (SSSR count). The summed E-state index contributed by atoms with van der Waals surface area (Å²) in [5, 5.41) is 3.26. The normalized spacial score (nSPS) is 10.3. The van der Waals surface area contributed by atoms with Crippen molar-refractivity contribution < 1.29 is 14.3 Å². The Morgan fingerprint density at radius 2 is 1.76 bits per heavy atom. The van der Waals surface area contributed by atoms with Crippen molar-refractivity contribution >= 4 is 23.0 Å². The van der Waals surface area contributed by atoms with E-state index in [0.717, 1.165) is 22.6 Å². The molecule has 0 saturated carbocycles. The third-order valence-electron chi connectivity index (χ3n) is 4.53. The second-order valence-corrected chi connectivity index (χ2v) is 6.52. The second kappa shape index (κ2) is 9.10. The molecule has 6 nitrogen and oxygen atoms in total. The molecule has 0 saturated heterocycles. The second-order valence-electron chi connectivity index (χ2n) is 6.52. The van der Waals surface area contributed by atoms with Crippen LogP contribution in [-0.2, 0) is 0 Å². The van der Waals surface area contributed by atoms with E-state index in [2.05, 4.69) is 10.3 Å². The molecule has 0 aliphatic rings.